The number of hydrogen-bond donors (Lipinski definition) is 1. The number of nitro benzene ring substituents is 1. The van der Waals surface area contributed by atoms with Crippen molar-refractivity contribution in [1.82, 2.24) is 4.98 Å². The number of rotatable bonds is 3. The number of benzene rings is 2. The normalized spacial score (nSPS) is 11.3. The predicted octanol–water partition coefficient (Wildman–Crippen LogP) is 3.66. The van der Waals surface area contributed by atoms with E-state index in [-0.39, 0.29) is 21.5 Å². The summed E-state index contributed by atoms with van der Waals surface area (Å²) in [6.07, 6.45) is 5.06. The molecule has 0 aliphatic carbocycles. The van der Waals surface area contributed by atoms with Crippen LogP contribution < -0.4 is 5.11 Å². The summed E-state index contributed by atoms with van der Waals surface area (Å²) >= 11 is 3.04. The van der Waals surface area contributed by atoms with E-state index in [0.717, 1.165) is 10.8 Å². The van der Waals surface area contributed by atoms with Crippen molar-refractivity contribution in [3.63, 3.8) is 0 Å². The van der Waals surface area contributed by atoms with Crippen molar-refractivity contribution in [2.24, 2.45) is 4.99 Å². The second-order valence-corrected chi connectivity index (χ2v) is 5.48. The Morgan fingerprint density at radius 1 is 1.18 bits per heavy atom. The third kappa shape index (κ3) is 2.71. The number of aromatic nitrogens is 1. The lowest BCUT2D eigenvalue weighted by Gasteiger charge is -2.12. The molecule has 0 saturated carbocycles. The van der Waals surface area contributed by atoms with E-state index in [4.69, 9.17) is 0 Å². The number of halogens is 1. The number of non-ortho nitro benzene ring substituents is 1. The molecule has 6 nitrogen and oxygen atoms in total. The Kier molecular flexibility index (Phi) is 3.64. The maximum Gasteiger partial charge on any atom is 0.271 e. The topological polar surface area (TPSA) is 94.3 Å². The first-order valence-electron chi connectivity index (χ1n) is 6.30. The van der Waals surface area contributed by atoms with Crippen LogP contribution in [0.4, 0.5) is 11.4 Å². The van der Waals surface area contributed by atoms with Gasteiger partial charge in [-0.15, -0.1) is 0 Å². The zero-order chi connectivity index (χ0) is 15.7. The molecule has 2 aromatic carbocycles. The largest absolute Gasteiger partial charge is 0.871 e. The molecule has 0 fully saturated rings. The second-order valence-electron chi connectivity index (χ2n) is 4.63. The summed E-state index contributed by atoms with van der Waals surface area (Å²) in [5.74, 6) is -0.336. The van der Waals surface area contributed by atoms with Gasteiger partial charge in [-0.2, -0.15) is 0 Å². The molecule has 0 aliphatic rings. The number of aliphatic imine (C=N–C) groups is 1. The molecule has 7 heteroatoms. The van der Waals surface area contributed by atoms with E-state index >= 15 is 0 Å². The number of nitrogens with one attached hydrogen (secondary N) is 1. The summed E-state index contributed by atoms with van der Waals surface area (Å²) < 4.78 is 0.143. The molecule has 0 spiro atoms. The fourth-order valence-electron chi connectivity index (χ4n) is 2.07. The maximum absolute atomic E-state index is 12.0. The highest BCUT2D eigenvalue weighted by atomic mass is 79.9. The summed E-state index contributed by atoms with van der Waals surface area (Å²) in [7, 11) is 0. The predicted molar refractivity (Wildman–Crippen MR) is 85.8 cm³/mol. The molecule has 0 atom stereocenters. The number of nitro groups is 1. The zero-order valence-electron chi connectivity index (χ0n) is 11.1. The zero-order valence-corrected chi connectivity index (χ0v) is 12.7. The van der Waals surface area contributed by atoms with Crippen molar-refractivity contribution < 1.29 is 10.0 Å². The van der Waals surface area contributed by atoms with Gasteiger partial charge >= 0.3 is 0 Å². The molecule has 0 aliphatic heterocycles. The molecule has 1 N–H and O–H groups in total. The van der Waals surface area contributed by atoms with E-state index < -0.39 is 4.92 Å². The molecule has 1 aromatic heterocycles. The first-order valence-corrected chi connectivity index (χ1v) is 7.09. The Bertz CT molecular complexity index is 902. The molecule has 3 rings (SSSR count). The van der Waals surface area contributed by atoms with Gasteiger partial charge in [0.25, 0.3) is 5.69 Å². The minimum absolute atomic E-state index is 0.143. The second kappa shape index (κ2) is 5.61. The fourth-order valence-corrected chi connectivity index (χ4v) is 2.53. The van der Waals surface area contributed by atoms with Gasteiger partial charge in [-0.1, -0.05) is 27.7 Å². The van der Waals surface area contributed by atoms with E-state index in [1.807, 2.05) is 30.6 Å². The summed E-state index contributed by atoms with van der Waals surface area (Å²) in [5, 5.41) is 24.9. The molecular formula is C15H9BrN3O3-. The Labute approximate surface area is 133 Å². The van der Waals surface area contributed by atoms with Crippen molar-refractivity contribution in [3.05, 3.63) is 62.9 Å². The van der Waals surface area contributed by atoms with Crippen LogP contribution in [0.15, 0.2) is 52.2 Å². The van der Waals surface area contributed by atoms with Gasteiger partial charge in [-0.05, 0) is 23.1 Å². The number of nitrogens with zero attached hydrogens (tertiary/aromatic N) is 2. The van der Waals surface area contributed by atoms with E-state index in [1.54, 1.807) is 0 Å². The molecular weight excluding hydrogens is 350 g/mol. The average molecular weight is 359 g/mol. The molecule has 0 unspecified atom stereocenters. The molecule has 0 saturated heterocycles. The lowest BCUT2D eigenvalue weighted by Crippen LogP contribution is -1.99. The van der Waals surface area contributed by atoms with Gasteiger partial charge in [0, 0.05) is 40.6 Å². The Morgan fingerprint density at radius 2 is 1.95 bits per heavy atom. The third-order valence-electron chi connectivity index (χ3n) is 3.17. The van der Waals surface area contributed by atoms with Crippen LogP contribution in [0, 0.1) is 10.1 Å². The van der Waals surface area contributed by atoms with E-state index in [2.05, 4.69) is 25.9 Å². The van der Waals surface area contributed by atoms with Crippen molar-refractivity contribution in [2.75, 3.05) is 0 Å². The van der Waals surface area contributed by atoms with Crippen LogP contribution in [0.1, 0.15) is 5.56 Å². The van der Waals surface area contributed by atoms with E-state index in [9.17, 15) is 15.2 Å². The molecule has 0 radical (unpaired) electrons. The first kappa shape index (κ1) is 14.3. The molecule has 1 heterocycles. The quantitative estimate of drug-likeness (QED) is 0.439. The smallest absolute Gasteiger partial charge is 0.271 e. The number of aromatic amines is 1. The van der Waals surface area contributed by atoms with Crippen molar-refractivity contribution in [1.29, 1.82) is 0 Å². The summed E-state index contributed by atoms with van der Waals surface area (Å²) in [4.78, 5) is 17.5. The SMILES string of the molecule is O=[N+]([O-])c1cc(Br)c([O-])c(C=Nc2ccc3c[nH]cc3c2)c1. The molecule has 0 amide bonds. The monoisotopic (exact) mass is 358 g/mol. The number of H-pyrrole nitrogens is 1. The van der Waals surface area contributed by atoms with Crippen LogP contribution in [0.2, 0.25) is 0 Å². The van der Waals surface area contributed by atoms with Crippen LogP contribution in [0.25, 0.3) is 10.8 Å². The van der Waals surface area contributed by atoms with Crippen LogP contribution in [-0.2, 0) is 0 Å². The highest BCUT2D eigenvalue weighted by Gasteiger charge is 2.09. The minimum atomic E-state index is -0.548. The number of fused-ring (bicyclic) bond motifs is 1. The highest BCUT2D eigenvalue weighted by molar-refractivity contribution is 9.10. The maximum atomic E-state index is 12.0. The molecule has 0 bridgehead atoms. The van der Waals surface area contributed by atoms with Gasteiger partial charge in [0.1, 0.15) is 0 Å². The van der Waals surface area contributed by atoms with Gasteiger partial charge in [0.05, 0.1) is 10.6 Å². The molecule has 3 aromatic rings. The highest BCUT2D eigenvalue weighted by Crippen LogP contribution is 2.30. The van der Waals surface area contributed by atoms with Crippen LogP contribution in [-0.4, -0.2) is 16.1 Å². The fraction of sp³-hybridized carbons (Fsp3) is 0. The Balaban J connectivity index is 1.99. The van der Waals surface area contributed by atoms with Gasteiger partial charge in [0.2, 0.25) is 0 Å². The summed E-state index contributed by atoms with van der Waals surface area (Å²) in [6, 6.07) is 7.97. The average Bonchev–Trinajstić information content (AvgIpc) is 2.95. The van der Waals surface area contributed by atoms with Gasteiger partial charge in [-0.3, -0.25) is 15.1 Å². The summed E-state index contributed by atoms with van der Waals surface area (Å²) in [5.41, 5.74) is 0.665. The van der Waals surface area contributed by atoms with Crippen LogP contribution in [0.3, 0.4) is 0 Å². The van der Waals surface area contributed by atoms with Crippen LogP contribution >= 0.6 is 15.9 Å². The van der Waals surface area contributed by atoms with E-state index in [0.29, 0.717) is 5.69 Å². The number of hydrogen-bond acceptors (Lipinski definition) is 4. The lowest BCUT2D eigenvalue weighted by molar-refractivity contribution is -0.385. The van der Waals surface area contributed by atoms with E-state index in [1.165, 1.54) is 18.3 Å². The van der Waals surface area contributed by atoms with Crippen molar-refractivity contribution >= 4 is 44.3 Å². The Morgan fingerprint density at radius 3 is 2.73 bits per heavy atom. The Hall–Kier alpha value is -2.67. The summed E-state index contributed by atoms with van der Waals surface area (Å²) in [6.45, 7) is 0. The van der Waals surface area contributed by atoms with Gasteiger partial charge in [-0.25, -0.2) is 0 Å². The minimum Gasteiger partial charge on any atom is -0.871 e. The molecule has 22 heavy (non-hydrogen) atoms. The van der Waals surface area contributed by atoms with Gasteiger partial charge < -0.3 is 10.1 Å². The lowest BCUT2D eigenvalue weighted by atomic mass is 10.2. The van der Waals surface area contributed by atoms with Crippen molar-refractivity contribution in [2.45, 2.75) is 0 Å². The third-order valence-corrected chi connectivity index (χ3v) is 3.76. The van der Waals surface area contributed by atoms with Crippen LogP contribution in [0.5, 0.6) is 5.75 Å². The van der Waals surface area contributed by atoms with Gasteiger partial charge in [0.15, 0.2) is 0 Å². The first-order chi connectivity index (χ1) is 10.5. The standard InChI is InChI=1S/C15H10BrN3O3/c16-14-5-13(19(21)22)4-11(15(14)20)8-18-12-2-1-9-6-17-7-10(9)3-12/h1-8,17,20H/p-1. The van der Waals surface area contributed by atoms with Crippen molar-refractivity contribution in [3.8, 4) is 5.75 Å². The molecule has 110 valence electrons.